The van der Waals surface area contributed by atoms with E-state index in [9.17, 15) is 0 Å². The van der Waals surface area contributed by atoms with Gasteiger partial charge in [0, 0.05) is 13.7 Å². The minimum atomic E-state index is -0.238. The van der Waals surface area contributed by atoms with Gasteiger partial charge in [-0.25, -0.2) is 9.97 Å². The fraction of sp³-hybridized carbons (Fsp3) is 0.692. The summed E-state index contributed by atoms with van der Waals surface area (Å²) in [6, 6.07) is 0. The van der Waals surface area contributed by atoms with Gasteiger partial charge in [-0.3, -0.25) is 0 Å². The lowest BCUT2D eigenvalue weighted by molar-refractivity contribution is -0.0847. The van der Waals surface area contributed by atoms with Crippen molar-refractivity contribution in [3.05, 3.63) is 15.1 Å². The molecule has 5 heteroatoms. The number of aryl methyl sites for hydroxylation is 1. The van der Waals surface area contributed by atoms with Gasteiger partial charge in [0.15, 0.2) is 5.82 Å². The number of halogens is 1. The molecule has 1 aliphatic rings. The first kappa shape index (κ1) is 14.0. The summed E-state index contributed by atoms with van der Waals surface area (Å²) in [6.07, 6.45) is 4.17. The van der Waals surface area contributed by atoms with Crippen molar-refractivity contribution in [3.8, 4) is 0 Å². The van der Waals surface area contributed by atoms with Crippen molar-refractivity contribution < 1.29 is 4.74 Å². The second-order valence-electron chi connectivity index (χ2n) is 4.59. The van der Waals surface area contributed by atoms with E-state index in [0.717, 1.165) is 46.7 Å². The van der Waals surface area contributed by atoms with E-state index in [-0.39, 0.29) is 5.60 Å². The summed E-state index contributed by atoms with van der Waals surface area (Å²) in [5, 5.41) is 3.32. The third-order valence-electron chi connectivity index (χ3n) is 3.56. The van der Waals surface area contributed by atoms with Crippen LogP contribution in [-0.4, -0.2) is 23.6 Å². The van der Waals surface area contributed by atoms with E-state index in [2.05, 4.69) is 46.7 Å². The van der Waals surface area contributed by atoms with Gasteiger partial charge in [0.1, 0.15) is 11.4 Å². The maximum absolute atomic E-state index is 5.68. The molecular weight excluding hydrogens is 341 g/mol. The minimum absolute atomic E-state index is 0.238. The van der Waals surface area contributed by atoms with Gasteiger partial charge in [-0.15, -0.1) is 0 Å². The van der Waals surface area contributed by atoms with Crippen molar-refractivity contribution in [2.24, 2.45) is 0 Å². The highest BCUT2D eigenvalue weighted by Gasteiger charge is 2.42. The van der Waals surface area contributed by atoms with Crippen LogP contribution in [0.3, 0.4) is 0 Å². The highest BCUT2D eigenvalue weighted by Crippen LogP contribution is 2.43. The molecule has 1 N–H and O–H groups in total. The summed E-state index contributed by atoms with van der Waals surface area (Å²) in [5.41, 5.74) is 0.873. The van der Waals surface area contributed by atoms with Gasteiger partial charge in [0.25, 0.3) is 0 Å². The minimum Gasteiger partial charge on any atom is -0.370 e. The number of nitrogens with zero attached hydrogens (tertiary/aromatic N) is 2. The van der Waals surface area contributed by atoms with Gasteiger partial charge in [-0.1, -0.05) is 6.92 Å². The average Bonchev–Trinajstić information content (AvgIpc) is 2.32. The average molecular weight is 361 g/mol. The number of nitrogens with one attached hydrogen (secondary N) is 1. The molecule has 0 unspecified atom stereocenters. The Morgan fingerprint density at radius 3 is 2.50 bits per heavy atom. The predicted octanol–water partition coefficient (Wildman–Crippen LogP) is 3.10. The quantitative estimate of drug-likeness (QED) is 0.819. The lowest BCUT2D eigenvalue weighted by Gasteiger charge is -2.39. The molecular formula is C13H20IN3O. The first-order valence-electron chi connectivity index (χ1n) is 6.52. The Morgan fingerprint density at radius 2 is 2.06 bits per heavy atom. The van der Waals surface area contributed by atoms with Gasteiger partial charge < -0.3 is 10.1 Å². The van der Waals surface area contributed by atoms with Crippen LogP contribution in [0, 0.1) is 3.57 Å². The molecule has 1 heterocycles. The summed E-state index contributed by atoms with van der Waals surface area (Å²) in [6.45, 7) is 5.08. The van der Waals surface area contributed by atoms with Crippen molar-refractivity contribution in [2.45, 2.75) is 45.1 Å². The Morgan fingerprint density at radius 1 is 1.33 bits per heavy atom. The third-order valence-corrected chi connectivity index (χ3v) is 4.69. The molecule has 100 valence electrons. The van der Waals surface area contributed by atoms with Gasteiger partial charge >= 0.3 is 0 Å². The summed E-state index contributed by atoms with van der Waals surface area (Å²) < 4.78 is 6.81. The molecule has 0 atom stereocenters. The summed E-state index contributed by atoms with van der Waals surface area (Å²) in [4.78, 5) is 9.40. The SMILES string of the molecule is CCNc1nc(C2(OC)CCC2)nc(CC)c1I. The van der Waals surface area contributed by atoms with Gasteiger partial charge in [0.05, 0.1) is 9.26 Å². The molecule has 0 aromatic carbocycles. The zero-order valence-corrected chi connectivity index (χ0v) is 13.4. The Bertz CT molecular complexity index is 427. The molecule has 18 heavy (non-hydrogen) atoms. The Balaban J connectivity index is 2.44. The van der Waals surface area contributed by atoms with Crippen LogP contribution < -0.4 is 5.32 Å². The highest BCUT2D eigenvalue weighted by molar-refractivity contribution is 14.1. The van der Waals surface area contributed by atoms with Gasteiger partial charge in [0.2, 0.25) is 0 Å². The first-order chi connectivity index (χ1) is 8.66. The van der Waals surface area contributed by atoms with Gasteiger partial charge in [-0.05, 0) is 55.2 Å². The van der Waals surface area contributed by atoms with E-state index >= 15 is 0 Å². The maximum atomic E-state index is 5.68. The second-order valence-corrected chi connectivity index (χ2v) is 5.67. The van der Waals surface area contributed by atoms with Crippen LogP contribution >= 0.6 is 22.6 Å². The molecule has 1 aliphatic carbocycles. The third kappa shape index (κ3) is 2.34. The van der Waals surface area contributed by atoms with Crippen LogP contribution in [0.15, 0.2) is 0 Å². The number of ether oxygens (including phenoxy) is 1. The van der Waals surface area contributed by atoms with Crippen molar-refractivity contribution >= 4 is 28.4 Å². The Labute approximate surface area is 122 Å². The summed E-state index contributed by atoms with van der Waals surface area (Å²) in [5.74, 6) is 1.80. The molecule has 2 rings (SSSR count). The number of aromatic nitrogens is 2. The Hall–Kier alpha value is -0.430. The van der Waals surface area contributed by atoms with Crippen LogP contribution in [0.2, 0.25) is 0 Å². The molecule has 1 saturated carbocycles. The zero-order valence-electron chi connectivity index (χ0n) is 11.2. The van der Waals surface area contributed by atoms with E-state index in [1.807, 2.05) is 0 Å². The van der Waals surface area contributed by atoms with E-state index < -0.39 is 0 Å². The van der Waals surface area contributed by atoms with Gasteiger partial charge in [-0.2, -0.15) is 0 Å². The molecule has 0 saturated heterocycles. The normalized spacial score (nSPS) is 17.3. The topological polar surface area (TPSA) is 47.0 Å². The molecule has 1 aromatic heterocycles. The molecule has 0 radical (unpaired) electrons. The van der Waals surface area contributed by atoms with Crippen molar-refractivity contribution in [1.29, 1.82) is 0 Å². The van der Waals surface area contributed by atoms with Crippen LogP contribution in [-0.2, 0) is 16.8 Å². The maximum Gasteiger partial charge on any atom is 0.162 e. The number of rotatable bonds is 5. The number of anilines is 1. The molecule has 4 nitrogen and oxygen atoms in total. The molecule has 1 fully saturated rings. The first-order valence-corrected chi connectivity index (χ1v) is 7.60. The largest absolute Gasteiger partial charge is 0.370 e. The summed E-state index contributed by atoms with van der Waals surface area (Å²) in [7, 11) is 1.76. The van der Waals surface area contributed by atoms with E-state index in [1.165, 1.54) is 6.42 Å². The molecule has 0 spiro atoms. The van der Waals surface area contributed by atoms with Crippen LogP contribution in [0.4, 0.5) is 5.82 Å². The van der Waals surface area contributed by atoms with Crippen molar-refractivity contribution in [2.75, 3.05) is 19.0 Å². The highest BCUT2D eigenvalue weighted by atomic mass is 127. The standard InChI is InChI=1S/C13H20IN3O/c1-4-9-10(14)11(15-5-2)17-12(16-9)13(18-3)7-6-8-13/h4-8H2,1-3H3,(H,15,16,17). The lowest BCUT2D eigenvalue weighted by atomic mass is 9.79. The zero-order chi connectivity index (χ0) is 13.2. The number of methoxy groups -OCH3 is 1. The number of hydrogen-bond donors (Lipinski definition) is 1. The smallest absolute Gasteiger partial charge is 0.162 e. The van der Waals surface area contributed by atoms with E-state index in [1.54, 1.807) is 7.11 Å². The lowest BCUT2D eigenvalue weighted by Crippen LogP contribution is -2.38. The number of hydrogen-bond acceptors (Lipinski definition) is 4. The second kappa shape index (κ2) is 5.69. The van der Waals surface area contributed by atoms with E-state index in [0.29, 0.717) is 0 Å². The van der Waals surface area contributed by atoms with Crippen LogP contribution in [0.1, 0.15) is 44.6 Å². The molecule has 0 amide bonds. The van der Waals surface area contributed by atoms with Crippen molar-refractivity contribution in [1.82, 2.24) is 9.97 Å². The predicted molar refractivity (Wildman–Crippen MR) is 80.8 cm³/mol. The fourth-order valence-corrected chi connectivity index (χ4v) is 3.05. The summed E-state index contributed by atoms with van der Waals surface area (Å²) >= 11 is 2.32. The molecule has 0 bridgehead atoms. The fourth-order valence-electron chi connectivity index (χ4n) is 2.23. The monoisotopic (exact) mass is 361 g/mol. The Kier molecular flexibility index (Phi) is 4.42. The van der Waals surface area contributed by atoms with Crippen LogP contribution in [0.25, 0.3) is 0 Å². The molecule has 1 aromatic rings. The van der Waals surface area contributed by atoms with Crippen molar-refractivity contribution in [3.63, 3.8) is 0 Å². The van der Waals surface area contributed by atoms with E-state index in [4.69, 9.17) is 9.72 Å². The van der Waals surface area contributed by atoms with Crippen LogP contribution in [0.5, 0.6) is 0 Å². The molecule has 0 aliphatic heterocycles.